The summed E-state index contributed by atoms with van der Waals surface area (Å²) in [5.74, 6) is 0. The number of rotatable bonds is 2. The van der Waals surface area contributed by atoms with Crippen molar-refractivity contribution in [2.75, 3.05) is 0 Å². The van der Waals surface area contributed by atoms with Crippen LogP contribution in [0.4, 0.5) is 0 Å². The average Bonchev–Trinajstić information content (AvgIpc) is 2.08. The van der Waals surface area contributed by atoms with Crippen LogP contribution in [-0.4, -0.2) is 11.2 Å². The van der Waals surface area contributed by atoms with Crippen LogP contribution in [0, 0.1) is 3.57 Å². The maximum absolute atomic E-state index is 9.27. The molecule has 0 bridgehead atoms. The lowest BCUT2D eigenvalue weighted by atomic mass is 10.0. The van der Waals surface area contributed by atoms with Crippen molar-refractivity contribution in [2.24, 2.45) is 5.73 Å². The van der Waals surface area contributed by atoms with Gasteiger partial charge in [0.25, 0.3) is 0 Å². The molecule has 0 unspecified atom stereocenters. The van der Waals surface area contributed by atoms with Gasteiger partial charge in [0, 0.05) is 3.57 Å². The normalized spacial score (nSPS) is 15.5. The fourth-order valence-corrected chi connectivity index (χ4v) is 1.66. The van der Waals surface area contributed by atoms with E-state index in [9.17, 15) is 5.11 Å². The molecule has 2 atom stereocenters. The van der Waals surface area contributed by atoms with Crippen molar-refractivity contribution in [3.05, 3.63) is 32.4 Å². The van der Waals surface area contributed by atoms with Gasteiger partial charge in [-0.3, -0.25) is 0 Å². The third-order valence-electron chi connectivity index (χ3n) is 1.85. The van der Waals surface area contributed by atoms with Crippen molar-refractivity contribution in [1.29, 1.82) is 0 Å². The van der Waals surface area contributed by atoms with Crippen molar-refractivity contribution in [1.82, 2.24) is 0 Å². The van der Waals surface area contributed by atoms with Gasteiger partial charge in [-0.15, -0.1) is 0 Å². The molecule has 1 aromatic carbocycles. The zero-order valence-electron chi connectivity index (χ0n) is 7.17. The molecule has 0 aliphatic carbocycles. The first-order valence-corrected chi connectivity index (χ1v) is 5.36. The first kappa shape index (κ1) is 11.2. The molecule has 2 nitrogen and oxygen atoms in total. The Morgan fingerprint density at radius 2 is 2.15 bits per heavy atom. The van der Waals surface area contributed by atoms with Crippen molar-refractivity contribution >= 4 is 34.2 Å². The molecule has 0 heterocycles. The van der Waals surface area contributed by atoms with Crippen molar-refractivity contribution in [2.45, 2.75) is 19.1 Å². The Kier molecular flexibility index (Phi) is 3.97. The van der Waals surface area contributed by atoms with Crippen LogP contribution in [0.3, 0.4) is 0 Å². The second-order valence-corrected chi connectivity index (χ2v) is 4.51. The van der Waals surface area contributed by atoms with E-state index in [2.05, 4.69) is 22.6 Å². The van der Waals surface area contributed by atoms with Gasteiger partial charge in [-0.2, -0.15) is 0 Å². The SMILES string of the molecule is C[C@H](O)[C@H](N)c1ccc(Cl)c(I)c1. The molecule has 13 heavy (non-hydrogen) atoms. The summed E-state index contributed by atoms with van der Waals surface area (Å²) in [6.45, 7) is 1.67. The molecule has 0 aliphatic heterocycles. The van der Waals surface area contributed by atoms with Gasteiger partial charge < -0.3 is 10.8 Å². The Morgan fingerprint density at radius 1 is 1.54 bits per heavy atom. The molecule has 1 rings (SSSR count). The molecule has 1 aromatic rings. The summed E-state index contributed by atoms with van der Waals surface area (Å²) < 4.78 is 0.952. The Balaban J connectivity index is 2.97. The minimum absolute atomic E-state index is 0.342. The highest BCUT2D eigenvalue weighted by Gasteiger charge is 2.12. The zero-order valence-corrected chi connectivity index (χ0v) is 10.1. The van der Waals surface area contributed by atoms with E-state index in [1.807, 2.05) is 12.1 Å². The molecule has 3 N–H and O–H groups in total. The summed E-state index contributed by atoms with van der Waals surface area (Å²) in [5.41, 5.74) is 6.67. The molecule has 0 saturated heterocycles. The Labute approximate surface area is 96.2 Å². The Morgan fingerprint density at radius 3 is 2.62 bits per heavy atom. The van der Waals surface area contributed by atoms with Gasteiger partial charge in [0.15, 0.2) is 0 Å². The van der Waals surface area contributed by atoms with Crippen LogP contribution in [0.2, 0.25) is 5.02 Å². The van der Waals surface area contributed by atoms with Gasteiger partial charge in [-0.25, -0.2) is 0 Å². The minimum atomic E-state index is -0.544. The van der Waals surface area contributed by atoms with E-state index in [4.69, 9.17) is 17.3 Å². The van der Waals surface area contributed by atoms with Gasteiger partial charge >= 0.3 is 0 Å². The van der Waals surface area contributed by atoms with Crippen LogP contribution >= 0.6 is 34.2 Å². The lowest BCUT2D eigenvalue weighted by molar-refractivity contribution is 0.164. The van der Waals surface area contributed by atoms with E-state index in [0.29, 0.717) is 5.02 Å². The monoisotopic (exact) mass is 311 g/mol. The van der Waals surface area contributed by atoms with Crippen LogP contribution in [0.5, 0.6) is 0 Å². The molecular weight excluding hydrogens is 300 g/mol. The number of benzene rings is 1. The summed E-state index contributed by atoms with van der Waals surface area (Å²) >= 11 is 7.99. The first-order chi connectivity index (χ1) is 6.02. The van der Waals surface area contributed by atoms with E-state index in [1.54, 1.807) is 13.0 Å². The fraction of sp³-hybridized carbons (Fsp3) is 0.333. The summed E-state index contributed by atoms with van der Waals surface area (Å²) in [5, 5.41) is 9.98. The molecule has 72 valence electrons. The highest BCUT2D eigenvalue weighted by molar-refractivity contribution is 14.1. The summed E-state index contributed by atoms with van der Waals surface area (Å²) in [7, 11) is 0. The van der Waals surface area contributed by atoms with E-state index < -0.39 is 6.10 Å². The first-order valence-electron chi connectivity index (χ1n) is 3.91. The smallest absolute Gasteiger partial charge is 0.0704 e. The van der Waals surface area contributed by atoms with Crippen LogP contribution in [0.1, 0.15) is 18.5 Å². The number of hydrogen-bond acceptors (Lipinski definition) is 2. The van der Waals surface area contributed by atoms with E-state index in [0.717, 1.165) is 9.13 Å². The van der Waals surface area contributed by atoms with Crippen molar-refractivity contribution in [3.8, 4) is 0 Å². The topological polar surface area (TPSA) is 46.2 Å². The number of halogens is 2. The second-order valence-electron chi connectivity index (χ2n) is 2.94. The van der Waals surface area contributed by atoms with Crippen LogP contribution < -0.4 is 5.73 Å². The van der Waals surface area contributed by atoms with Gasteiger partial charge in [0.2, 0.25) is 0 Å². The third kappa shape index (κ3) is 2.80. The third-order valence-corrected chi connectivity index (χ3v) is 3.39. The number of aliphatic hydroxyl groups excluding tert-OH is 1. The Hall–Kier alpha value is 0.160. The molecule has 0 fully saturated rings. The van der Waals surface area contributed by atoms with Gasteiger partial charge in [-0.05, 0) is 47.2 Å². The predicted molar refractivity (Wildman–Crippen MR) is 62.8 cm³/mol. The van der Waals surface area contributed by atoms with Crippen LogP contribution in [0.15, 0.2) is 18.2 Å². The fourth-order valence-electron chi connectivity index (χ4n) is 0.998. The second kappa shape index (κ2) is 4.59. The lowest BCUT2D eigenvalue weighted by Gasteiger charge is -2.15. The van der Waals surface area contributed by atoms with Crippen molar-refractivity contribution < 1.29 is 5.11 Å². The number of hydrogen-bond donors (Lipinski definition) is 2. The highest BCUT2D eigenvalue weighted by atomic mass is 127. The largest absolute Gasteiger partial charge is 0.391 e. The molecule has 0 spiro atoms. The molecule has 0 radical (unpaired) electrons. The number of nitrogens with two attached hydrogens (primary N) is 1. The molecule has 0 aromatic heterocycles. The van der Waals surface area contributed by atoms with Gasteiger partial charge in [0.1, 0.15) is 0 Å². The van der Waals surface area contributed by atoms with Crippen molar-refractivity contribution in [3.63, 3.8) is 0 Å². The van der Waals surface area contributed by atoms with E-state index in [-0.39, 0.29) is 6.04 Å². The predicted octanol–water partition coefficient (Wildman–Crippen LogP) is 2.33. The molecular formula is C9H11ClINO. The molecule has 4 heteroatoms. The summed E-state index contributed by atoms with van der Waals surface area (Å²) in [4.78, 5) is 0. The average molecular weight is 312 g/mol. The maximum atomic E-state index is 9.27. The van der Waals surface area contributed by atoms with Crippen LogP contribution in [0.25, 0.3) is 0 Å². The highest BCUT2D eigenvalue weighted by Crippen LogP contribution is 2.23. The van der Waals surface area contributed by atoms with Gasteiger partial charge in [0.05, 0.1) is 17.2 Å². The maximum Gasteiger partial charge on any atom is 0.0704 e. The van der Waals surface area contributed by atoms with E-state index >= 15 is 0 Å². The van der Waals surface area contributed by atoms with Crippen LogP contribution in [-0.2, 0) is 0 Å². The molecule has 0 amide bonds. The Bertz CT molecular complexity index is 304. The van der Waals surface area contributed by atoms with E-state index in [1.165, 1.54) is 0 Å². The quantitative estimate of drug-likeness (QED) is 0.824. The number of aliphatic hydroxyl groups is 1. The molecule has 0 aliphatic rings. The standard InChI is InChI=1S/C9H11ClINO/c1-5(13)9(12)6-2-3-7(10)8(11)4-6/h2-5,9,13H,12H2,1H3/t5-,9-/m0/s1. The molecule has 0 saturated carbocycles. The summed E-state index contributed by atoms with van der Waals surface area (Å²) in [6.07, 6.45) is -0.544. The zero-order chi connectivity index (χ0) is 10.0. The summed E-state index contributed by atoms with van der Waals surface area (Å²) in [6, 6.07) is 5.18. The van der Waals surface area contributed by atoms with Gasteiger partial charge in [-0.1, -0.05) is 17.7 Å². The lowest BCUT2D eigenvalue weighted by Crippen LogP contribution is -2.23. The minimum Gasteiger partial charge on any atom is -0.391 e.